The van der Waals surface area contributed by atoms with Gasteiger partial charge in [0, 0.05) is 25.5 Å². The maximum atomic E-state index is 13.0. The minimum absolute atomic E-state index is 0.0851. The highest BCUT2D eigenvalue weighted by molar-refractivity contribution is 6.00. The first-order valence-electron chi connectivity index (χ1n) is 11.4. The van der Waals surface area contributed by atoms with Gasteiger partial charge < -0.3 is 10.2 Å². The zero-order chi connectivity index (χ0) is 21.6. The van der Waals surface area contributed by atoms with E-state index in [2.05, 4.69) is 22.3 Å². The first kappa shape index (κ1) is 21.3. The van der Waals surface area contributed by atoms with Crippen molar-refractivity contribution in [1.29, 1.82) is 0 Å². The van der Waals surface area contributed by atoms with Crippen LogP contribution in [0.1, 0.15) is 68.6 Å². The summed E-state index contributed by atoms with van der Waals surface area (Å²) >= 11 is 0. The standard InChI is InChI=1S/C24H32N6O/c1-3-4-5-7-18-9-11-19(12-10-18)27-24(31)21-17-26-30-15-13-22(28-23(21)30)29(2)20-8-6-14-25-16-20/h6,8,13-19H,3-5,7,9-12H2,1-2H3,(H,27,31). The molecule has 3 aromatic rings. The number of pyridine rings is 1. The maximum absolute atomic E-state index is 13.0. The van der Waals surface area contributed by atoms with E-state index >= 15 is 0 Å². The number of hydrogen-bond donors (Lipinski definition) is 1. The van der Waals surface area contributed by atoms with Crippen molar-refractivity contribution >= 4 is 23.1 Å². The van der Waals surface area contributed by atoms with Gasteiger partial charge >= 0.3 is 0 Å². The van der Waals surface area contributed by atoms with E-state index in [0.29, 0.717) is 11.2 Å². The van der Waals surface area contributed by atoms with E-state index in [1.54, 1.807) is 23.1 Å². The van der Waals surface area contributed by atoms with Crippen LogP contribution in [0.25, 0.3) is 5.65 Å². The van der Waals surface area contributed by atoms with Gasteiger partial charge in [-0.3, -0.25) is 9.78 Å². The molecule has 31 heavy (non-hydrogen) atoms. The zero-order valence-corrected chi connectivity index (χ0v) is 18.5. The van der Waals surface area contributed by atoms with E-state index in [9.17, 15) is 4.79 Å². The van der Waals surface area contributed by atoms with Crippen LogP contribution in [0.4, 0.5) is 11.5 Å². The van der Waals surface area contributed by atoms with E-state index in [0.717, 1.165) is 30.3 Å². The van der Waals surface area contributed by atoms with Crippen LogP contribution in [-0.2, 0) is 0 Å². The van der Waals surface area contributed by atoms with Crippen molar-refractivity contribution in [3.8, 4) is 0 Å². The third-order valence-electron chi connectivity index (χ3n) is 6.37. The molecule has 0 radical (unpaired) electrons. The molecular formula is C24H32N6O. The molecule has 1 aliphatic rings. The minimum Gasteiger partial charge on any atom is -0.349 e. The molecule has 3 aromatic heterocycles. The summed E-state index contributed by atoms with van der Waals surface area (Å²) in [6.07, 6.45) is 16.8. The van der Waals surface area contributed by atoms with E-state index in [1.807, 2.05) is 36.3 Å². The Morgan fingerprint density at radius 1 is 1.19 bits per heavy atom. The van der Waals surface area contributed by atoms with Crippen LogP contribution < -0.4 is 10.2 Å². The van der Waals surface area contributed by atoms with E-state index < -0.39 is 0 Å². The molecule has 1 fully saturated rings. The predicted octanol–water partition coefficient (Wildman–Crippen LogP) is 4.76. The van der Waals surface area contributed by atoms with Gasteiger partial charge in [-0.1, -0.05) is 32.6 Å². The number of nitrogens with zero attached hydrogens (tertiary/aromatic N) is 5. The Bertz CT molecular complexity index is 994. The summed E-state index contributed by atoms with van der Waals surface area (Å²) in [6.45, 7) is 2.25. The Kier molecular flexibility index (Phi) is 6.79. The Balaban J connectivity index is 1.42. The normalized spacial score (nSPS) is 18.8. The van der Waals surface area contributed by atoms with Gasteiger partial charge in [0.1, 0.15) is 11.4 Å². The second-order valence-corrected chi connectivity index (χ2v) is 8.57. The van der Waals surface area contributed by atoms with Crippen molar-refractivity contribution in [3.63, 3.8) is 0 Å². The molecule has 7 nitrogen and oxygen atoms in total. The molecule has 1 amide bonds. The largest absolute Gasteiger partial charge is 0.349 e. The van der Waals surface area contributed by atoms with Crippen molar-refractivity contribution in [2.24, 2.45) is 5.92 Å². The van der Waals surface area contributed by atoms with Crippen LogP contribution in [0.2, 0.25) is 0 Å². The number of rotatable bonds is 8. The number of anilines is 2. The first-order chi connectivity index (χ1) is 15.2. The quantitative estimate of drug-likeness (QED) is 0.532. The third kappa shape index (κ3) is 5.03. The first-order valence-corrected chi connectivity index (χ1v) is 11.4. The lowest BCUT2D eigenvalue weighted by atomic mass is 9.83. The number of nitrogens with one attached hydrogen (secondary N) is 1. The average molecular weight is 421 g/mol. The summed E-state index contributed by atoms with van der Waals surface area (Å²) in [5.74, 6) is 1.48. The maximum Gasteiger partial charge on any atom is 0.256 e. The summed E-state index contributed by atoms with van der Waals surface area (Å²) in [5.41, 5.74) is 2.02. The summed E-state index contributed by atoms with van der Waals surface area (Å²) in [4.78, 5) is 23.8. The smallest absolute Gasteiger partial charge is 0.256 e. The lowest BCUT2D eigenvalue weighted by molar-refractivity contribution is 0.0922. The van der Waals surface area contributed by atoms with Crippen LogP contribution in [0.15, 0.2) is 43.0 Å². The average Bonchev–Trinajstić information content (AvgIpc) is 3.24. The Morgan fingerprint density at radius 2 is 2.03 bits per heavy atom. The van der Waals surface area contributed by atoms with Crippen molar-refractivity contribution in [3.05, 3.63) is 48.5 Å². The summed E-state index contributed by atoms with van der Waals surface area (Å²) in [7, 11) is 1.94. The van der Waals surface area contributed by atoms with Gasteiger partial charge in [-0.15, -0.1) is 0 Å². The molecule has 3 heterocycles. The van der Waals surface area contributed by atoms with Crippen molar-refractivity contribution in [2.75, 3.05) is 11.9 Å². The highest BCUT2D eigenvalue weighted by atomic mass is 16.1. The van der Waals surface area contributed by atoms with E-state index in [4.69, 9.17) is 4.98 Å². The number of carbonyl (C=O) groups is 1. The van der Waals surface area contributed by atoms with Crippen LogP contribution in [-0.4, -0.2) is 38.6 Å². The number of carbonyl (C=O) groups excluding carboxylic acids is 1. The second-order valence-electron chi connectivity index (χ2n) is 8.57. The fourth-order valence-electron chi connectivity index (χ4n) is 4.43. The minimum atomic E-state index is -0.0851. The molecule has 0 aliphatic heterocycles. The molecule has 0 spiro atoms. The van der Waals surface area contributed by atoms with E-state index in [-0.39, 0.29) is 11.9 Å². The lowest BCUT2D eigenvalue weighted by Crippen LogP contribution is -2.37. The van der Waals surface area contributed by atoms with Crippen LogP contribution in [0, 0.1) is 5.92 Å². The monoisotopic (exact) mass is 420 g/mol. The number of hydrogen-bond acceptors (Lipinski definition) is 5. The number of amides is 1. The summed E-state index contributed by atoms with van der Waals surface area (Å²) in [6, 6.07) is 5.99. The van der Waals surface area contributed by atoms with Gasteiger partial charge in [-0.05, 0) is 49.8 Å². The summed E-state index contributed by atoms with van der Waals surface area (Å²) < 4.78 is 1.65. The molecular weight excluding hydrogens is 388 g/mol. The number of fused-ring (bicyclic) bond motifs is 1. The topological polar surface area (TPSA) is 75.4 Å². The van der Waals surface area contributed by atoms with E-state index in [1.165, 1.54) is 38.5 Å². The number of unbranched alkanes of at least 4 members (excludes halogenated alkanes) is 2. The van der Waals surface area contributed by atoms with Gasteiger partial charge in [0.2, 0.25) is 0 Å². The van der Waals surface area contributed by atoms with Crippen LogP contribution in [0.3, 0.4) is 0 Å². The third-order valence-corrected chi connectivity index (χ3v) is 6.37. The molecule has 4 rings (SSSR count). The fraction of sp³-hybridized carbons (Fsp3) is 0.500. The second kappa shape index (κ2) is 9.90. The van der Waals surface area contributed by atoms with Gasteiger partial charge in [-0.2, -0.15) is 5.10 Å². The highest BCUT2D eigenvalue weighted by Gasteiger charge is 2.24. The molecule has 0 atom stereocenters. The molecule has 1 saturated carbocycles. The summed E-state index contributed by atoms with van der Waals surface area (Å²) in [5, 5.41) is 7.55. The fourth-order valence-corrected chi connectivity index (χ4v) is 4.43. The molecule has 7 heteroatoms. The van der Waals surface area contributed by atoms with Crippen LogP contribution >= 0.6 is 0 Å². The molecule has 0 aromatic carbocycles. The molecule has 0 bridgehead atoms. The highest BCUT2D eigenvalue weighted by Crippen LogP contribution is 2.29. The van der Waals surface area contributed by atoms with Crippen molar-refractivity contribution in [2.45, 2.75) is 64.3 Å². The Labute approximate surface area is 183 Å². The molecule has 1 aliphatic carbocycles. The predicted molar refractivity (Wildman–Crippen MR) is 123 cm³/mol. The van der Waals surface area contributed by atoms with Crippen molar-refractivity contribution < 1.29 is 4.79 Å². The zero-order valence-electron chi connectivity index (χ0n) is 18.5. The molecule has 0 unspecified atom stereocenters. The lowest BCUT2D eigenvalue weighted by Gasteiger charge is -2.29. The van der Waals surface area contributed by atoms with Gasteiger partial charge in [0.15, 0.2) is 5.65 Å². The van der Waals surface area contributed by atoms with Gasteiger partial charge in [-0.25, -0.2) is 9.50 Å². The Morgan fingerprint density at radius 3 is 2.77 bits per heavy atom. The van der Waals surface area contributed by atoms with Crippen LogP contribution in [0.5, 0.6) is 0 Å². The van der Waals surface area contributed by atoms with Gasteiger partial charge in [0.05, 0.1) is 18.1 Å². The molecule has 164 valence electrons. The SMILES string of the molecule is CCCCCC1CCC(NC(=O)c2cnn3ccc(N(C)c4cccnc4)nc23)CC1. The van der Waals surface area contributed by atoms with Crippen molar-refractivity contribution in [1.82, 2.24) is 24.9 Å². The van der Waals surface area contributed by atoms with Gasteiger partial charge in [0.25, 0.3) is 5.91 Å². The molecule has 1 N–H and O–H groups in total. The Hall–Kier alpha value is -2.96. The number of aromatic nitrogens is 4. The molecule has 0 saturated heterocycles.